The summed E-state index contributed by atoms with van der Waals surface area (Å²) in [6.45, 7) is 3.43. The largest absolute Gasteiger partial charge is 0.497 e. The molecule has 0 heterocycles. The van der Waals surface area contributed by atoms with Crippen molar-refractivity contribution in [1.82, 2.24) is 4.72 Å². The van der Waals surface area contributed by atoms with Crippen molar-refractivity contribution in [3.8, 4) is 5.75 Å². The number of hydrogen-bond donors (Lipinski definition) is 2. The topological polar surface area (TPSA) is 90.7 Å². The summed E-state index contributed by atoms with van der Waals surface area (Å²) in [4.78, 5) is 4.64. The number of nitrogens with one attached hydrogen (secondary N) is 1. The van der Waals surface area contributed by atoms with Crippen LogP contribution < -0.4 is 15.4 Å². The standard InChI is InChI=1S/C11H18N2O4S/c1-11(2,8-17-12)13-18(14,15)10-6-4-9(16-3)5-7-10/h4-7,13H,8,12H2,1-3H3. The molecule has 102 valence electrons. The fourth-order valence-corrected chi connectivity index (χ4v) is 2.81. The number of rotatable bonds is 6. The number of methoxy groups -OCH3 is 1. The molecular formula is C11H18N2O4S. The van der Waals surface area contributed by atoms with Crippen LogP contribution in [-0.2, 0) is 14.9 Å². The van der Waals surface area contributed by atoms with E-state index in [2.05, 4.69) is 9.56 Å². The number of hydrogen-bond acceptors (Lipinski definition) is 5. The van der Waals surface area contributed by atoms with Crippen LogP contribution >= 0.6 is 0 Å². The van der Waals surface area contributed by atoms with Crippen LogP contribution in [0.3, 0.4) is 0 Å². The molecule has 0 bridgehead atoms. The Morgan fingerprint density at radius 3 is 2.28 bits per heavy atom. The maximum Gasteiger partial charge on any atom is 0.241 e. The van der Waals surface area contributed by atoms with Gasteiger partial charge in [-0.2, -0.15) is 0 Å². The molecule has 1 rings (SSSR count). The predicted molar refractivity (Wildman–Crippen MR) is 67.5 cm³/mol. The normalized spacial score (nSPS) is 12.4. The monoisotopic (exact) mass is 274 g/mol. The van der Waals surface area contributed by atoms with E-state index in [9.17, 15) is 8.42 Å². The molecule has 1 aromatic rings. The highest BCUT2D eigenvalue weighted by atomic mass is 32.2. The molecule has 0 unspecified atom stereocenters. The van der Waals surface area contributed by atoms with Gasteiger partial charge in [0.1, 0.15) is 5.75 Å². The molecule has 6 nitrogen and oxygen atoms in total. The molecular weight excluding hydrogens is 256 g/mol. The Hall–Kier alpha value is -1.15. The van der Waals surface area contributed by atoms with E-state index in [-0.39, 0.29) is 11.5 Å². The Balaban J connectivity index is 2.92. The SMILES string of the molecule is COc1ccc(S(=O)(=O)NC(C)(C)CON)cc1. The van der Waals surface area contributed by atoms with Crippen molar-refractivity contribution in [3.05, 3.63) is 24.3 Å². The van der Waals surface area contributed by atoms with Gasteiger partial charge in [0, 0.05) is 0 Å². The van der Waals surface area contributed by atoms with Crippen molar-refractivity contribution >= 4 is 10.0 Å². The van der Waals surface area contributed by atoms with Crippen molar-refractivity contribution in [3.63, 3.8) is 0 Å². The highest BCUT2D eigenvalue weighted by Gasteiger charge is 2.26. The Bertz CT molecular complexity index is 482. The van der Waals surface area contributed by atoms with E-state index in [1.165, 1.54) is 19.2 Å². The summed E-state index contributed by atoms with van der Waals surface area (Å²) in [5.41, 5.74) is -0.784. The van der Waals surface area contributed by atoms with Gasteiger partial charge < -0.3 is 9.57 Å². The molecule has 3 N–H and O–H groups in total. The highest BCUT2D eigenvalue weighted by molar-refractivity contribution is 7.89. The fourth-order valence-electron chi connectivity index (χ4n) is 1.42. The number of nitrogens with two attached hydrogens (primary N) is 1. The van der Waals surface area contributed by atoms with Crippen LogP contribution in [0.1, 0.15) is 13.8 Å². The molecule has 0 saturated carbocycles. The number of sulfonamides is 1. The van der Waals surface area contributed by atoms with E-state index in [4.69, 9.17) is 10.6 Å². The first-order chi connectivity index (χ1) is 8.30. The van der Waals surface area contributed by atoms with Gasteiger partial charge in [-0.05, 0) is 38.1 Å². The molecule has 0 aliphatic carbocycles. The lowest BCUT2D eigenvalue weighted by atomic mass is 10.1. The van der Waals surface area contributed by atoms with Crippen molar-refractivity contribution in [2.24, 2.45) is 5.90 Å². The summed E-state index contributed by atoms with van der Waals surface area (Å²) in [6.07, 6.45) is 0. The molecule has 1 aromatic carbocycles. The molecule has 0 amide bonds. The van der Waals surface area contributed by atoms with E-state index in [0.29, 0.717) is 5.75 Å². The number of benzene rings is 1. The molecule has 0 aliphatic heterocycles. The molecule has 0 atom stereocenters. The van der Waals surface area contributed by atoms with Gasteiger partial charge in [0.2, 0.25) is 10.0 Å². The average Bonchev–Trinajstić information content (AvgIpc) is 2.27. The molecule has 0 aliphatic rings. The van der Waals surface area contributed by atoms with Gasteiger partial charge in [-0.3, -0.25) is 0 Å². The summed E-state index contributed by atoms with van der Waals surface area (Å²) >= 11 is 0. The van der Waals surface area contributed by atoms with Crippen molar-refractivity contribution in [1.29, 1.82) is 0 Å². The lowest BCUT2D eigenvalue weighted by Crippen LogP contribution is -2.47. The summed E-state index contributed by atoms with van der Waals surface area (Å²) < 4.78 is 31.6. The van der Waals surface area contributed by atoms with Gasteiger partial charge in [0.05, 0.1) is 24.2 Å². The minimum Gasteiger partial charge on any atom is -0.497 e. The Labute approximate surface area is 107 Å². The summed E-state index contributed by atoms with van der Waals surface area (Å²) in [7, 11) is -2.09. The van der Waals surface area contributed by atoms with Gasteiger partial charge in [-0.15, -0.1) is 0 Å². The van der Waals surface area contributed by atoms with Gasteiger partial charge in [0.15, 0.2) is 0 Å². The van der Waals surface area contributed by atoms with Crippen LogP contribution in [0.2, 0.25) is 0 Å². The van der Waals surface area contributed by atoms with Gasteiger partial charge >= 0.3 is 0 Å². The molecule has 18 heavy (non-hydrogen) atoms. The van der Waals surface area contributed by atoms with Gasteiger partial charge in [-0.1, -0.05) is 0 Å². The zero-order valence-electron chi connectivity index (χ0n) is 10.6. The second kappa shape index (κ2) is 5.66. The van der Waals surface area contributed by atoms with Crippen molar-refractivity contribution < 1.29 is 18.0 Å². The molecule has 0 fully saturated rings. The lowest BCUT2D eigenvalue weighted by molar-refractivity contribution is 0.0929. The number of ether oxygens (including phenoxy) is 1. The second-order valence-corrected chi connectivity index (χ2v) is 6.16. The van der Waals surface area contributed by atoms with Crippen LogP contribution in [0.15, 0.2) is 29.2 Å². The first-order valence-electron chi connectivity index (χ1n) is 5.30. The summed E-state index contributed by atoms with van der Waals surface area (Å²) in [5.74, 6) is 5.55. The van der Waals surface area contributed by atoms with E-state index in [1.54, 1.807) is 26.0 Å². The minimum absolute atomic E-state index is 0.0718. The van der Waals surface area contributed by atoms with Gasteiger partial charge in [0.25, 0.3) is 0 Å². The predicted octanol–water partition coefficient (Wildman–Crippen LogP) is 0.642. The Morgan fingerprint density at radius 2 is 1.83 bits per heavy atom. The molecule has 0 aromatic heterocycles. The van der Waals surface area contributed by atoms with E-state index >= 15 is 0 Å². The maximum absolute atomic E-state index is 12.1. The Morgan fingerprint density at radius 1 is 1.28 bits per heavy atom. The molecule has 0 saturated heterocycles. The smallest absolute Gasteiger partial charge is 0.241 e. The van der Waals surface area contributed by atoms with Crippen LogP contribution in [0, 0.1) is 0 Å². The van der Waals surface area contributed by atoms with Crippen molar-refractivity contribution in [2.75, 3.05) is 13.7 Å². The van der Waals surface area contributed by atoms with E-state index < -0.39 is 15.6 Å². The Kier molecular flexibility index (Phi) is 4.69. The van der Waals surface area contributed by atoms with E-state index in [1.807, 2.05) is 0 Å². The first-order valence-corrected chi connectivity index (χ1v) is 6.79. The molecule has 7 heteroatoms. The van der Waals surface area contributed by atoms with Crippen LogP contribution in [0.4, 0.5) is 0 Å². The van der Waals surface area contributed by atoms with Crippen LogP contribution in [0.5, 0.6) is 5.75 Å². The third-order valence-electron chi connectivity index (χ3n) is 2.22. The quantitative estimate of drug-likeness (QED) is 0.743. The van der Waals surface area contributed by atoms with Gasteiger partial charge in [-0.25, -0.2) is 19.0 Å². The lowest BCUT2D eigenvalue weighted by Gasteiger charge is -2.24. The fraction of sp³-hybridized carbons (Fsp3) is 0.455. The summed E-state index contributed by atoms with van der Waals surface area (Å²) in [6, 6.07) is 6.11. The molecule has 0 spiro atoms. The first kappa shape index (κ1) is 14.9. The minimum atomic E-state index is -3.61. The van der Waals surface area contributed by atoms with Crippen molar-refractivity contribution in [2.45, 2.75) is 24.3 Å². The average molecular weight is 274 g/mol. The maximum atomic E-state index is 12.1. The zero-order chi connectivity index (χ0) is 13.8. The highest BCUT2D eigenvalue weighted by Crippen LogP contribution is 2.17. The van der Waals surface area contributed by atoms with E-state index in [0.717, 1.165) is 0 Å². The summed E-state index contributed by atoms with van der Waals surface area (Å²) in [5, 5.41) is 0. The van der Waals surface area contributed by atoms with Crippen LogP contribution in [0.25, 0.3) is 0 Å². The van der Waals surface area contributed by atoms with Crippen LogP contribution in [-0.4, -0.2) is 27.7 Å². The zero-order valence-corrected chi connectivity index (χ0v) is 11.5. The third-order valence-corrected chi connectivity index (χ3v) is 3.94. The second-order valence-electron chi connectivity index (χ2n) is 4.48. The third kappa shape index (κ3) is 3.95. The molecule has 0 radical (unpaired) electrons.